The first-order valence-corrected chi connectivity index (χ1v) is 7.81. The molecule has 1 aliphatic rings. The molecule has 104 valence electrons. The van der Waals surface area contributed by atoms with Gasteiger partial charge in [-0.05, 0) is 43.2 Å². The molecule has 0 saturated carbocycles. The molecule has 19 heavy (non-hydrogen) atoms. The second-order valence-corrected chi connectivity index (χ2v) is 6.08. The number of urea groups is 1. The number of amides is 2. The average Bonchev–Trinajstić information content (AvgIpc) is 2.40. The zero-order valence-electron chi connectivity index (χ0n) is 11.2. The van der Waals surface area contributed by atoms with Crippen molar-refractivity contribution in [1.29, 1.82) is 0 Å². The molecular weight excluding hydrogens is 258 g/mol. The Kier molecular flexibility index (Phi) is 5.10. The van der Waals surface area contributed by atoms with Crippen LogP contribution in [0.5, 0.6) is 0 Å². The average molecular weight is 279 g/mol. The molecule has 2 unspecified atom stereocenters. The minimum atomic E-state index is -0.130. The van der Waals surface area contributed by atoms with Gasteiger partial charge in [0.15, 0.2) is 0 Å². The van der Waals surface area contributed by atoms with Gasteiger partial charge in [0.2, 0.25) is 0 Å². The smallest absolute Gasteiger partial charge is 0.319 e. The van der Waals surface area contributed by atoms with Crippen molar-refractivity contribution in [2.24, 2.45) is 5.73 Å². The molecule has 0 aliphatic carbocycles. The predicted molar refractivity (Wildman–Crippen MR) is 81.5 cm³/mol. The van der Waals surface area contributed by atoms with E-state index in [1.54, 1.807) is 0 Å². The molecule has 5 heteroatoms. The van der Waals surface area contributed by atoms with E-state index in [4.69, 9.17) is 5.73 Å². The Hall–Kier alpha value is -1.20. The fourth-order valence-corrected chi connectivity index (χ4v) is 3.18. The minimum absolute atomic E-state index is 0.0282. The van der Waals surface area contributed by atoms with Crippen LogP contribution in [0.4, 0.5) is 10.5 Å². The van der Waals surface area contributed by atoms with E-state index in [0.717, 1.165) is 23.4 Å². The molecule has 1 saturated heterocycles. The number of thioether (sulfide) groups is 1. The largest absolute Gasteiger partial charge is 0.334 e. The lowest BCUT2D eigenvalue weighted by Gasteiger charge is -2.22. The van der Waals surface area contributed by atoms with Crippen LogP contribution in [0.15, 0.2) is 24.3 Å². The van der Waals surface area contributed by atoms with Crippen LogP contribution in [0.25, 0.3) is 0 Å². The first kappa shape index (κ1) is 14.2. The lowest BCUT2D eigenvalue weighted by Crippen LogP contribution is -2.40. The van der Waals surface area contributed by atoms with Crippen molar-refractivity contribution in [2.75, 3.05) is 16.8 Å². The van der Waals surface area contributed by atoms with Crippen LogP contribution in [0, 0.1) is 0 Å². The van der Waals surface area contributed by atoms with Gasteiger partial charge < -0.3 is 16.4 Å². The van der Waals surface area contributed by atoms with E-state index in [2.05, 4.69) is 10.6 Å². The number of nitrogens with two attached hydrogens (primary N) is 1. The first-order valence-electron chi connectivity index (χ1n) is 6.66. The topological polar surface area (TPSA) is 67.1 Å². The van der Waals surface area contributed by atoms with Crippen molar-refractivity contribution in [1.82, 2.24) is 5.32 Å². The van der Waals surface area contributed by atoms with Crippen molar-refractivity contribution < 1.29 is 4.79 Å². The summed E-state index contributed by atoms with van der Waals surface area (Å²) in [6.07, 6.45) is 2.25. The standard InChI is InChI=1S/C14H21N3OS/c1-10(15)11-4-2-5-12(8-11)16-14(18)17-13-6-3-7-19-9-13/h2,4-5,8,10,13H,3,6-7,9,15H2,1H3,(H2,16,17,18). The van der Waals surface area contributed by atoms with E-state index in [9.17, 15) is 4.79 Å². The highest BCUT2D eigenvalue weighted by Gasteiger charge is 2.15. The molecule has 1 aromatic rings. The minimum Gasteiger partial charge on any atom is -0.334 e. The number of anilines is 1. The van der Waals surface area contributed by atoms with Crippen molar-refractivity contribution >= 4 is 23.5 Å². The molecule has 1 aromatic carbocycles. The highest BCUT2D eigenvalue weighted by Crippen LogP contribution is 2.18. The predicted octanol–water partition coefficient (Wildman–Crippen LogP) is 2.72. The maximum atomic E-state index is 11.9. The fraction of sp³-hybridized carbons (Fsp3) is 0.500. The Bertz CT molecular complexity index is 430. The summed E-state index contributed by atoms with van der Waals surface area (Å²) >= 11 is 1.90. The van der Waals surface area contributed by atoms with Crippen LogP contribution < -0.4 is 16.4 Å². The molecule has 0 radical (unpaired) electrons. The van der Waals surface area contributed by atoms with Gasteiger partial charge in [0.25, 0.3) is 0 Å². The lowest BCUT2D eigenvalue weighted by atomic mass is 10.1. The van der Waals surface area contributed by atoms with Gasteiger partial charge in [0.05, 0.1) is 0 Å². The fourth-order valence-electron chi connectivity index (χ4n) is 2.11. The molecule has 0 aromatic heterocycles. The van der Waals surface area contributed by atoms with Crippen LogP contribution in [0.2, 0.25) is 0 Å². The molecule has 0 bridgehead atoms. The van der Waals surface area contributed by atoms with E-state index in [1.165, 1.54) is 12.2 Å². The van der Waals surface area contributed by atoms with Crippen LogP contribution in [-0.2, 0) is 0 Å². The molecule has 1 heterocycles. The van der Waals surface area contributed by atoms with Gasteiger partial charge in [-0.3, -0.25) is 0 Å². The van der Waals surface area contributed by atoms with Gasteiger partial charge in [-0.1, -0.05) is 12.1 Å². The molecule has 2 atom stereocenters. The van der Waals surface area contributed by atoms with E-state index < -0.39 is 0 Å². The number of hydrogen-bond donors (Lipinski definition) is 3. The Labute approximate surface area is 118 Å². The van der Waals surface area contributed by atoms with Gasteiger partial charge in [0, 0.05) is 23.5 Å². The zero-order valence-corrected chi connectivity index (χ0v) is 12.0. The molecule has 2 rings (SSSR count). The normalized spacial score (nSPS) is 20.6. The molecule has 2 amide bonds. The Balaban J connectivity index is 1.89. The Morgan fingerprint density at radius 1 is 1.53 bits per heavy atom. The van der Waals surface area contributed by atoms with Crippen LogP contribution in [0.3, 0.4) is 0 Å². The summed E-state index contributed by atoms with van der Waals surface area (Å²) in [6.45, 7) is 1.93. The maximum absolute atomic E-state index is 11.9. The zero-order chi connectivity index (χ0) is 13.7. The van der Waals surface area contributed by atoms with Gasteiger partial charge in [-0.15, -0.1) is 0 Å². The summed E-state index contributed by atoms with van der Waals surface area (Å²) in [5, 5.41) is 5.88. The van der Waals surface area contributed by atoms with Crippen molar-refractivity contribution in [3.63, 3.8) is 0 Å². The molecule has 1 fully saturated rings. The molecule has 0 spiro atoms. The highest BCUT2D eigenvalue weighted by atomic mass is 32.2. The molecule has 1 aliphatic heterocycles. The van der Waals surface area contributed by atoms with Crippen molar-refractivity contribution in [3.8, 4) is 0 Å². The van der Waals surface area contributed by atoms with Crippen LogP contribution in [0.1, 0.15) is 31.4 Å². The van der Waals surface area contributed by atoms with E-state index in [1.807, 2.05) is 43.0 Å². The maximum Gasteiger partial charge on any atom is 0.319 e. The highest BCUT2D eigenvalue weighted by molar-refractivity contribution is 7.99. The summed E-state index contributed by atoms with van der Waals surface area (Å²) in [5.41, 5.74) is 7.64. The van der Waals surface area contributed by atoms with Crippen molar-refractivity contribution in [3.05, 3.63) is 29.8 Å². The second-order valence-electron chi connectivity index (χ2n) is 4.93. The summed E-state index contributed by atoms with van der Waals surface area (Å²) in [7, 11) is 0. The monoisotopic (exact) mass is 279 g/mol. The summed E-state index contributed by atoms with van der Waals surface area (Å²) in [5.74, 6) is 2.21. The Morgan fingerprint density at radius 3 is 3.05 bits per heavy atom. The number of hydrogen-bond acceptors (Lipinski definition) is 3. The van der Waals surface area contributed by atoms with Crippen LogP contribution in [-0.4, -0.2) is 23.6 Å². The third kappa shape index (κ3) is 4.44. The Morgan fingerprint density at radius 2 is 2.37 bits per heavy atom. The van der Waals surface area contributed by atoms with Gasteiger partial charge in [0.1, 0.15) is 0 Å². The van der Waals surface area contributed by atoms with Crippen LogP contribution >= 0.6 is 11.8 Å². The molecular formula is C14H21N3OS. The number of rotatable bonds is 3. The summed E-state index contributed by atoms with van der Waals surface area (Å²) < 4.78 is 0. The quantitative estimate of drug-likeness (QED) is 0.797. The number of nitrogens with one attached hydrogen (secondary N) is 2. The second kappa shape index (κ2) is 6.82. The SMILES string of the molecule is CC(N)c1cccc(NC(=O)NC2CCCSC2)c1. The third-order valence-electron chi connectivity index (χ3n) is 3.17. The van der Waals surface area contributed by atoms with E-state index >= 15 is 0 Å². The molecule has 4 nitrogen and oxygen atoms in total. The summed E-state index contributed by atoms with van der Waals surface area (Å²) in [6, 6.07) is 7.79. The third-order valence-corrected chi connectivity index (χ3v) is 4.38. The van der Waals surface area contributed by atoms with E-state index in [-0.39, 0.29) is 18.1 Å². The lowest BCUT2D eigenvalue weighted by molar-refractivity contribution is 0.248. The number of carbonyl (C=O) groups is 1. The number of carbonyl (C=O) groups excluding carboxylic acids is 1. The summed E-state index contributed by atoms with van der Waals surface area (Å²) in [4.78, 5) is 11.9. The molecule has 4 N–H and O–H groups in total. The van der Waals surface area contributed by atoms with Gasteiger partial charge in [-0.2, -0.15) is 11.8 Å². The van der Waals surface area contributed by atoms with E-state index in [0.29, 0.717) is 0 Å². The number of benzene rings is 1. The van der Waals surface area contributed by atoms with Gasteiger partial charge in [-0.25, -0.2) is 4.79 Å². The van der Waals surface area contributed by atoms with Gasteiger partial charge >= 0.3 is 6.03 Å². The van der Waals surface area contributed by atoms with Crippen molar-refractivity contribution in [2.45, 2.75) is 31.8 Å². The first-order chi connectivity index (χ1) is 9.15.